The fourth-order valence-electron chi connectivity index (χ4n) is 3.85. The summed E-state index contributed by atoms with van der Waals surface area (Å²) in [6.07, 6.45) is 8.22. The third kappa shape index (κ3) is 3.32. The number of amides is 3. The van der Waals surface area contributed by atoms with Gasteiger partial charge in [0.05, 0.1) is 22.7 Å². The maximum Gasteiger partial charge on any atom is 0.261 e. The maximum atomic E-state index is 12.9. The molecule has 4 rings (SSSR count). The number of anilines is 1. The summed E-state index contributed by atoms with van der Waals surface area (Å²) >= 11 is 0. The van der Waals surface area contributed by atoms with Crippen molar-refractivity contribution in [1.29, 1.82) is 0 Å². The van der Waals surface area contributed by atoms with Gasteiger partial charge in [-0.3, -0.25) is 19.3 Å². The van der Waals surface area contributed by atoms with Gasteiger partial charge < -0.3 is 5.32 Å². The summed E-state index contributed by atoms with van der Waals surface area (Å²) in [5.41, 5.74) is 3.76. The van der Waals surface area contributed by atoms with E-state index in [1.807, 2.05) is 19.1 Å². The summed E-state index contributed by atoms with van der Waals surface area (Å²) in [7, 11) is 1.45. The largest absolute Gasteiger partial charge is 0.309 e. The van der Waals surface area contributed by atoms with Gasteiger partial charge in [0, 0.05) is 7.05 Å². The predicted octanol–water partition coefficient (Wildman–Crippen LogP) is 3.49. The second kappa shape index (κ2) is 7.67. The molecule has 1 aliphatic heterocycles. The minimum absolute atomic E-state index is 0.308. The number of aromatic nitrogens is 2. The first-order chi connectivity index (χ1) is 14.4. The van der Waals surface area contributed by atoms with Gasteiger partial charge in [-0.1, -0.05) is 24.3 Å². The van der Waals surface area contributed by atoms with Crippen LogP contribution in [0.4, 0.5) is 5.82 Å². The number of carbonyl (C=O) groups excluding carboxylic acids is 3. The highest BCUT2D eigenvalue weighted by Gasteiger charge is 2.37. The third-order valence-corrected chi connectivity index (χ3v) is 5.55. The molecule has 1 aromatic carbocycles. The minimum atomic E-state index is -0.645. The van der Waals surface area contributed by atoms with E-state index in [2.05, 4.69) is 27.7 Å². The van der Waals surface area contributed by atoms with Crippen molar-refractivity contribution in [2.24, 2.45) is 0 Å². The quantitative estimate of drug-likeness (QED) is 0.791. The summed E-state index contributed by atoms with van der Waals surface area (Å²) in [6, 6.07) is 6.93. The van der Waals surface area contributed by atoms with Crippen LogP contribution in [0.5, 0.6) is 0 Å². The fourth-order valence-corrected chi connectivity index (χ4v) is 3.85. The Hall–Kier alpha value is -3.61. The van der Waals surface area contributed by atoms with Crippen molar-refractivity contribution in [2.45, 2.75) is 32.6 Å². The lowest BCUT2D eigenvalue weighted by Gasteiger charge is -2.17. The molecule has 30 heavy (non-hydrogen) atoms. The third-order valence-electron chi connectivity index (χ3n) is 5.55. The topological polar surface area (TPSA) is 92.3 Å². The van der Waals surface area contributed by atoms with Gasteiger partial charge in [-0.15, -0.1) is 10.2 Å². The zero-order valence-electron chi connectivity index (χ0n) is 17.1. The van der Waals surface area contributed by atoms with Gasteiger partial charge in [0.1, 0.15) is 0 Å². The second-order valence-corrected chi connectivity index (χ2v) is 7.54. The molecule has 3 amide bonds. The molecule has 7 heteroatoms. The van der Waals surface area contributed by atoms with Crippen molar-refractivity contribution in [2.75, 3.05) is 12.4 Å². The van der Waals surface area contributed by atoms with Crippen molar-refractivity contribution in [3.05, 3.63) is 70.4 Å². The molecular formula is C23H22N4O3. The van der Waals surface area contributed by atoms with E-state index in [-0.39, 0.29) is 17.7 Å². The number of nitrogens with zero attached hydrogens (tertiary/aromatic N) is 3. The molecule has 1 unspecified atom stereocenters. The molecule has 0 saturated heterocycles. The molecule has 0 saturated carbocycles. The number of hydrogen-bond donors (Lipinski definition) is 1. The van der Waals surface area contributed by atoms with E-state index in [1.165, 1.54) is 7.05 Å². The molecule has 7 nitrogen and oxygen atoms in total. The molecule has 1 aromatic heterocycles. The molecule has 152 valence electrons. The Morgan fingerprint density at radius 3 is 2.57 bits per heavy atom. The molecule has 0 spiro atoms. The number of benzene rings is 1. The molecular weight excluding hydrogens is 380 g/mol. The number of carbonyl (C=O) groups is 3. The van der Waals surface area contributed by atoms with Crippen LogP contribution >= 0.6 is 0 Å². The van der Waals surface area contributed by atoms with Gasteiger partial charge in [-0.2, -0.15) is 0 Å². The van der Waals surface area contributed by atoms with Crippen LogP contribution in [0.25, 0.3) is 5.57 Å². The lowest BCUT2D eigenvalue weighted by atomic mass is 9.88. The average molecular weight is 402 g/mol. The minimum Gasteiger partial charge on any atom is -0.309 e. The SMILES string of the molecule is Cc1ccc2c(c1C(C)C(=O)Nc1ccc(C3=CCCC=C3)nn1)C(=O)N(C)C2=O. The molecule has 2 heterocycles. The van der Waals surface area contributed by atoms with Crippen LogP contribution in [0, 0.1) is 6.92 Å². The molecule has 0 bridgehead atoms. The number of fused-ring (bicyclic) bond motifs is 1. The zero-order chi connectivity index (χ0) is 21.4. The Morgan fingerprint density at radius 1 is 1.10 bits per heavy atom. The molecule has 2 aromatic rings. The summed E-state index contributed by atoms with van der Waals surface area (Å²) in [5.74, 6) is -1.36. The van der Waals surface area contributed by atoms with E-state index >= 15 is 0 Å². The number of allylic oxidation sites excluding steroid dienone is 4. The van der Waals surface area contributed by atoms with E-state index in [0.29, 0.717) is 22.5 Å². The number of nitrogens with one attached hydrogen (secondary N) is 1. The van der Waals surface area contributed by atoms with Gasteiger partial charge in [0.25, 0.3) is 11.8 Å². The summed E-state index contributed by atoms with van der Waals surface area (Å²) in [5, 5.41) is 11.1. The highest BCUT2D eigenvalue weighted by molar-refractivity contribution is 6.22. The number of rotatable bonds is 4. The molecule has 1 atom stereocenters. The lowest BCUT2D eigenvalue weighted by molar-refractivity contribution is -0.117. The number of imide groups is 1. The summed E-state index contributed by atoms with van der Waals surface area (Å²) in [6.45, 7) is 3.54. The monoisotopic (exact) mass is 402 g/mol. The Balaban J connectivity index is 1.57. The Bertz CT molecular complexity index is 1120. The van der Waals surface area contributed by atoms with E-state index in [9.17, 15) is 14.4 Å². The molecule has 0 fully saturated rings. The van der Waals surface area contributed by atoms with Crippen LogP contribution in [0.15, 0.2) is 42.5 Å². The number of aryl methyl sites for hydroxylation is 1. The average Bonchev–Trinajstić information content (AvgIpc) is 2.98. The molecule has 1 aliphatic carbocycles. The van der Waals surface area contributed by atoms with E-state index in [0.717, 1.165) is 34.6 Å². The Labute approximate surface area is 174 Å². The van der Waals surface area contributed by atoms with Crippen molar-refractivity contribution in [3.8, 4) is 0 Å². The van der Waals surface area contributed by atoms with Gasteiger partial charge in [0.2, 0.25) is 5.91 Å². The van der Waals surface area contributed by atoms with Gasteiger partial charge in [0.15, 0.2) is 5.82 Å². The predicted molar refractivity (Wildman–Crippen MR) is 113 cm³/mol. The van der Waals surface area contributed by atoms with Crippen molar-refractivity contribution < 1.29 is 14.4 Å². The van der Waals surface area contributed by atoms with Crippen LogP contribution in [0.1, 0.15) is 63.2 Å². The first-order valence-corrected chi connectivity index (χ1v) is 9.86. The fraction of sp³-hybridized carbons (Fsp3) is 0.261. The highest BCUT2D eigenvalue weighted by atomic mass is 16.2. The van der Waals surface area contributed by atoms with E-state index < -0.39 is 5.92 Å². The molecule has 1 N–H and O–H groups in total. The first kappa shape index (κ1) is 19.7. The van der Waals surface area contributed by atoms with Crippen LogP contribution in [-0.2, 0) is 4.79 Å². The molecule has 0 radical (unpaired) electrons. The Morgan fingerprint density at radius 2 is 1.90 bits per heavy atom. The van der Waals surface area contributed by atoms with E-state index in [1.54, 1.807) is 25.1 Å². The van der Waals surface area contributed by atoms with Gasteiger partial charge in [-0.25, -0.2) is 0 Å². The van der Waals surface area contributed by atoms with Crippen molar-refractivity contribution in [1.82, 2.24) is 15.1 Å². The van der Waals surface area contributed by atoms with Crippen LogP contribution in [0.3, 0.4) is 0 Å². The van der Waals surface area contributed by atoms with Crippen LogP contribution in [-0.4, -0.2) is 39.9 Å². The second-order valence-electron chi connectivity index (χ2n) is 7.54. The zero-order valence-corrected chi connectivity index (χ0v) is 17.1. The summed E-state index contributed by atoms with van der Waals surface area (Å²) < 4.78 is 0. The smallest absolute Gasteiger partial charge is 0.261 e. The van der Waals surface area contributed by atoms with Crippen LogP contribution in [0.2, 0.25) is 0 Å². The Kier molecular flexibility index (Phi) is 5.03. The van der Waals surface area contributed by atoms with E-state index in [4.69, 9.17) is 0 Å². The maximum absolute atomic E-state index is 12.9. The van der Waals surface area contributed by atoms with Crippen molar-refractivity contribution in [3.63, 3.8) is 0 Å². The molecule has 2 aliphatic rings. The lowest BCUT2D eigenvalue weighted by Crippen LogP contribution is -2.26. The van der Waals surface area contributed by atoms with Crippen molar-refractivity contribution >= 4 is 29.1 Å². The normalized spacial score (nSPS) is 16.4. The highest BCUT2D eigenvalue weighted by Crippen LogP contribution is 2.33. The van der Waals surface area contributed by atoms with Gasteiger partial charge in [-0.05, 0) is 61.6 Å². The first-order valence-electron chi connectivity index (χ1n) is 9.86. The standard InChI is InChI=1S/C23H22N4O3/c1-13-9-10-16-20(23(30)27(3)22(16)29)19(13)14(2)21(28)24-18-12-11-17(25-26-18)15-7-5-4-6-8-15/h5,7-12,14H,4,6H2,1-3H3,(H,24,26,28). The van der Waals surface area contributed by atoms with Crippen LogP contribution < -0.4 is 5.32 Å². The van der Waals surface area contributed by atoms with Gasteiger partial charge >= 0.3 is 0 Å². The number of hydrogen-bond acceptors (Lipinski definition) is 5. The summed E-state index contributed by atoms with van der Waals surface area (Å²) in [4.78, 5) is 38.9.